The zero-order chi connectivity index (χ0) is 12.0. The summed E-state index contributed by atoms with van der Waals surface area (Å²) >= 11 is 6.01. The Morgan fingerprint density at radius 1 is 1.00 bits per heavy atom. The van der Waals surface area contributed by atoms with Crippen LogP contribution in [0.1, 0.15) is 0 Å². The summed E-state index contributed by atoms with van der Waals surface area (Å²) in [6.07, 6.45) is 2.99. The third-order valence-corrected chi connectivity index (χ3v) is 2.68. The molecule has 3 aromatic rings. The molecule has 7 heteroatoms. The van der Waals surface area contributed by atoms with E-state index >= 15 is 0 Å². The van der Waals surface area contributed by atoms with Gasteiger partial charge in [-0.3, -0.25) is 19.6 Å². The number of nitrogens with one attached hydrogen (secondary N) is 2. The highest BCUT2D eigenvalue weighted by atomic mass is 35.5. The second kappa shape index (κ2) is 3.39. The molecule has 84 valence electrons. The Morgan fingerprint density at radius 2 is 1.65 bits per heavy atom. The van der Waals surface area contributed by atoms with Crippen LogP contribution in [0.3, 0.4) is 0 Å². The predicted octanol–water partition coefficient (Wildman–Crippen LogP) is 0.813. The van der Waals surface area contributed by atoms with Crippen molar-refractivity contribution in [2.24, 2.45) is 0 Å². The molecule has 0 saturated heterocycles. The molecule has 2 heterocycles. The van der Waals surface area contributed by atoms with E-state index in [0.29, 0.717) is 27.1 Å². The minimum absolute atomic E-state index is 0.364. The van der Waals surface area contributed by atoms with Crippen LogP contribution in [-0.4, -0.2) is 19.9 Å². The van der Waals surface area contributed by atoms with E-state index in [2.05, 4.69) is 19.9 Å². The van der Waals surface area contributed by atoms with Gasteiger partial charge < -0.3 is 9.97 Å². The number of hydrogen-bond acceptors (Lipinski definition) is 4. The average Bonchev–Trinajstić information content (AvgIpc) is 2.32. The monoisotopic (exact) mass is 248 g/mol. The second-order valence-corrected chi connectivity index (χ2v) is 3.85. The first-order valence-electron chi connectivity index (χ1n) is 4.72. The molecule has 0 aliphatic rings. The molecule has 0 aliphatic carbocycles. The van der Waals surface area contributed by atoms with Crippen molar-refractivity contribution < 1.29 is 0 Å². The van der Waals surface area contributed by atoms with Crippen molar-refractivity contribution in [2.75, 3.05) is 0 Å². The molecule has 17 heavy (non-hydrogen) atoms. The smallest absolute Gasteiger partial charge is 0.314 e. The molecule has 2 aromatic heterocycles. The second-order valence-electron chi connectivity index (χ2n) is 3.44. The Balaban J connectivity index is 2.68. The van der Waals surface area contributed by atoms with Crippen LogP contribution in [0.5, 0.6) is 0 Å². The molecule has 1 aromatic carbocycles. The zero-order valence-corrected chi connectivity index (χ0v) is 9.08. The summed E-state index contributed by atoms with van der Waals surface area (Å²) in [7, 11) is 0. The predicted molar refractivity (Wildman–Crippen MR) is 63.3 cm³/mol. The molecule has 0 spiro atoms. The van der Waals surface area contributed by atoms with Crippen molar-refractivity contribution in [3.63, 3.8) is 0 Å². The van der Waals surface area contributed by atoms with Gasteiger partial charge in [-0.2, -0.15) is 0 Å². The van der Waals surface area contributed by atoms with Gasteiger partial charge in [0.15, 0.2) is 0 Å². The van der Waals surface area contributed by atoms with E-state index in [4.69, 9.17) is 11.6 Å². The molecule has 0 bridgehead atoms. The lowest BCUT2D eigenvalue weighted by atomic mass is 10.2. The van der Waals surface area contributed by atoms with Gasteiger partial charge in [-0.05, 0) is 6.07 Å². The van der Waals surface area contributed by atoms with E-state index in [-0.39, 0.29) is 0 Å². The highest BCUT2D eigenvalue weighted by molar-refractivity contribution is 6.36. The molecule has 0 amide bonds. The SMILES string of the molecule is O=c1[nH]c2cc(Cl)c3nccnc3c2[nH]c1=O. The van der Waals surface area contributed by atoms with Gasteiger partial charge in [-0.15, -0.1) is 0 Å². The molecule has 0 unspecified atom stereocenters. The minimum Gasteiger partial charge on any atom is -0.316 e. The van der Waals surface area contributed by atoms with Gasteiger partial charge in [0, 0.05) is 12.4 Å². The maximum atomic E-state index is 11.3. The van der Waals surface area contributed by atoms with Gasteiger partial charge >= 0.3 is 11.1 Å². The molecule has 3 rings (SSSR count). The molecule has 6 nitrogen and oxygen atoms in total. The molecular formula is C10H5ClN4O2. The molecule has 0 radical (unpaired) electrons. The zero-order valence-electron chi connectivity index (χ0n) is 8.32. The van der Waals surface area contributed by atoms with Crippen LogP contribution in [0.2, 0.25) is 5.02 Å². The van der Waals surface area contributed by atoms with Gasteiger partial charge in [0.05, 0.1) is 16.1 Å². The van der Waals surface area contributed by atoms with Crippen LogP contribution in [0, 0.1) is 0 Å². The number of aromatic amines is 2. The Morgan fingerprint density at radius 3 is 2.41 bits per heavy atom. The summed E-state index contributed by atoms with van der Waals surface area (Å²) in [6.45, 7) is 0. The van der Waals surface area contributed by atoms with E-state index in [0.717, 1.165) is 0 Å². The van der Waals surface area contributed by atoms with Crippen molar-refractivity contribution in [3.8, 4) is 0 Å². The number of rotatable bonds is 0. The van der Waals surface area contributed by atoms with Crippen LogP contribution < -0.4 is 11.1 Å². The fraction of sp³-hybridized carbons (Fsp3) is 0. The topological polar surface area (TPSA) is 91.5 Å². The first-order valence-corrected chi connectivity index (χ1v) is 5.10. The third kappa shape index (κ3) is 1.42. The van der Waals surface area contributed by atoms with Crippen molar-refractivity contribution in [1.82, 2.24) is 19.9 Å². The van der Waals surface area contributed by atoms with Crippen LogP contribution in [0.25, 0.3) is 22.1 Å². The summed E-state index contributed by atoms with van der Waals surface area (Å²) in [5, 5.41) is 0.364. The van der Waals surface area contributed by atoms with Gasteiger partial charge in [0.25, 0.3) is 0 Å². The summed E-state index contributed by atoms with van der Waals surface area (Å²) < 4.78 is 0. The Hall–Kier alpha value is -2.21. The van der Waals surface area contributed by atoms with E-state index < -0.39 is 11.1 Å². The summed E-state index contributed by atoms with van der Waals surface area (Å²) in [4.78, 5) is 35.6. The summed E-state index contributed by atoms with van der Waals surface area (Å²) in [5.74, 6) is 0. The van der Waals surface area contributed by atoms with Crippen molar-refractivity contribution in [2.45, 2.75) is 0 Å². The van der Waals surface area contributed by atoms with Crippen LogP contribution in [-0.2, 0) is 0 Å². The first kappa shape index (κ1) is 9.98. The maximum Gasteiger partial charge on any atom is 0.314 e. The number of nitrogens with zero attached hydrogens (tertiary/aromatic N) is 2. The number of aromatic nitrogens is 4. The molecule has 0 atom stereocenters. The largest absolute Gasteiger partial charge is 0.316 e. The number of hydrogen-bond donors (Lipinski definition) is 2. The molecular weight excluding hydrogens is 244 g/mol. The van der Waals surface area contributed by atoms with Crippen molar-refractivity contribution in [1.29, 1.82) is 0 Å². The Bertz CT molecular complexity index is 852. The van der Waals surface area contributed by atoms with Gasteiger partial charge in [-0.25, -0.2) is 0 Å². The molecule has 0 saturated carbocycles. The van der Waals surface area contributed by atoms with E-state index in [1.165, 1.54) is 18.5 Å². The fourth-order valence-electron chi connectivity index (χ4n) is 1.67. The number of benzene rings is 1. The number of fused-ring (bicyclic) bond motifs is 3. The first-order chi connectivity index (χ1) is 8.16. The van der Waals surface area contributed by atoms with Gasteiger partial charge in [0.2, 0.25) is 0 Å². The van der Waals surface area contributed by atoms with E-state index in [1.807, 2.05) is 0 Å². The molecule has 0 aliphatic heterocycles. The quantitative estimate of drug-likeness (QED) is 0.455. The Kier molecular flexibility index (Phi) is 1.99. The standard InChI is InChI=1S/C10H5ClN4O2/c11-4-3-5-7(15-10(17)9(16)14-5)8-6(4)12-1-2-13-8/h1-3H,(H,14,16)(H,15,17). The van der Waals surface area contributed by atoms with Gasteiger partial charge in [0.1, 0.15) is 11.0 Å². The Labute approximate surface area is 98.3 Å². The highest BCUT2D eigenvalue weighted by Gasteiger charge is 2.09. The van der Waals surface area contributed by atoms with Crippen LogP contribution >= 0.6 is 11.6 Å². The van der Waals surface area contributed by atoms with E-state index in [1.54, 1.807) is 0 Å². The van der Waals surface area contributed by atoms with E-state index in [9.17, 15) is 9.59 Å². The molecule has 2 N–H and O–H groups in total. The lowest BCUT2D eigenvalue weighted by molar-refractivity contribution is 1.14. The number of halogens is 1. The van der Waals surface area contributed by atoms with Crippen molar-refractivity contribution in [3.05, 3.63) is 44.2 Å². The van der Waals surface area contributed by atoms with Crippen LogP contribution in [0.4, 0.5) is 0 Å². The fourth-order valence-corrected chi connectivity index (χ4v) is 1.91. The summed E-state index contributed by atoms with van der Waals surface area (Å²) in [5.41, 5.74) is 0.311. The normalized spacial score (nSPS) is 11.1. The lowest BCUT2D eigenvalue weighted by Crippen LogP contribution is -2.29. The minimum atomic E-state index is -0.730. The summed E-state index contributed by atoms with van der Waals surface area (Å²) in [6, 6.07) is 1.53. The number of H-pyrrole nitrogens is 2. The molecule has 0 fully saturated rings. The van der Waals surface area contributed by atoms with Gasteiger partial charge in [-0.1, -0.05) is 11.6 Å². The van der Waals surface area contributed by atoms with Crippen LogP contribution in [0.15, 0.2) is 28.0 Å². The lowest BCUT2D eigenvalue weighted by Gasteiger charge is -2.03. The maximum absolute atomic E-state index is 11.3. The average molecular weight is 249 g/mol. The third-order valence-electron chi connectivity index (χ3n) is 2.39. The van der Waals surface area contributed by atoms with Crippen molar-refractivity contribution >= 4 is 33.7 Å². The highest BCUT2D eigenvalue weighted by Crippen LogP contribution is 2.25.